The lowest BCUT2D eigenvalue weighted by atomic mass is 10.2. The van der Waals surface area contributed by atoms with Crippen LogP contribution in [0.15, 0.2) is 53.2 Å². The van der Waals surface area contributed by atoms with Crippen LogP contribution in [0.25, 0.3) is 16.6 Å². The van der Waals surface area contributed by atoms with E-state index >= 15 is 0 Å². The molecule has 1 saturated heterocycles. The average molecular weight is 375 g/mol. The van der Waals surface area contributed by atoms with Crippen molar-refractivity contribution < 1.29 is 9.21 Å². The molecule has 0 unspecified atom stereocenters. The molecule has 0 atom stereocenters. The molecule has 1 aliphatic heterocycles. The first-order chi connectivity index (χ1) is 13.7. The first-order valence-corrected chi connectivity index (χ1v) is 9.47. The molecule has 142 valence electrons. The summed E-state index contributed by atoms with van der Waals surface area (Å²) in [4.78, 5) is 21.4. The highest BCUT2D eigenvalue weighted by Crippen LogP contribution is 2.21. The van der Waals surface area contributed by atoms with E-state index in [1.165, 1.54) is 0 Å². The van der Waals surface area contributed by atoms with Gasteiger partial charge in [-0.2, -0.15) is 5.10 Å². The highest BCUT2D eigenvalue weighted by atomic mass is 16.3. The van der Waals surface area contributed by atoms with Crippen molar-refractivity contribution in [3.05, 3.63) is 65.8 Å². The number of amides is 1. The largest absolute Gasteiger partial charge is 0.451 e. The predicted octanol–water partition coefficient (Wildman–Crippen LogP) is 2.74. The van der Waals surface area contributed by atoms with Gasteiger partial charge >= 0.3 is 0 Å². The van der Waals surface area contributed by atoms with Crippen LogP contribution < -0.4 is 0 Å². The lowest BCUT2D eigenvalue weighted by Gasteiger charge is -2.34. The molecule has 0 saturated carbocycles. The van der Waals surface area contributed by atoms with E-state index in [0.29, 0.717) is 18.8 Å². The van der Waals surface area contributed by atoms with E-state index < -0.39 is 0 Å². The molecule has 0 bridgehead atoms. The Balaban J connectivity index is 1.23. The van der Waals surface area contributed by atoms with Gasteiger partial charge in [-0.15, -0.1) is 0 Å². The van der Waals surface area contributed by atoms with Crippen LogP contribution in [0.1, 0.15) is 21.8 Å². The quantitative estimate of drug-likeness (QED) is 0.551. The summed E-state index contributed by atoms with van der Waals surface area (Å²) in [5.74, 6) is 0.379. The molecule has 28 heavy (non-hydrogen) atoms. The number of carbonyl (C=O) groups excluding carboxylic acids is 1. The van der Waals surface area contributed by atoms with E-state index in [1.807, 2.05) is 65.1 Å². The minimum absolute atomic E-state index is 0.0362. The Labute approximate surface area is 162 Å². The Morgan fingerprint density at radius 1 is 1.14 bits per heavy atom. The molecule has 7 nitrogen and oxygen atoms in total. The molecule has 4 aromatic rings. The monoisotopic (exact) mass is 375 g/mol. The topological polar surface area (TPSA) is 66.9 Å². The van der Waals surface area contributed by atoms with Crippen LogP contribution >= 0.6 is 0 Å². The van der Waals surface area contributed by atoms with Crippen molar-refractivity contribution in [3.8, 4) is 0 Å². The number of benzene rings is 1. The molecule has 0 spiro atoms. The van der Waals surface area contributed by atoms with Gasteiger partial charge in [0.25, 0.3) is 5.91 Å². The summed E-state index contributed by atoms with van der Waals surface area (Å²) in [7, 11) is 0. The fraction of sp³-hybridized carbons (Fsp3) is 0.286. The van der Waals surface area contributed by atoms with Crippen molar-refractivity contribution in [2.24, 2.45) is 0 Å². The number of hydrogen-bond donors (Lipinski definition) is 0. The van der Waals surface area contributed by atoms with Gasteiger partial charge in [-0.3, -0.25) is 9.69 Å². The zero-order valence-electron chi connectivity index (χ0n) is 15.7. The molecule has 0 N–H and O–H groups in total. The Kier molecular flexibility index (Phi) is 4.09. The maximum absolute atomic E-state index is 12.8. The number of rotatable bonds is 3. The predicted molar refractivity (Wildman–Crippen MR) is 105 cm³/mol. The van der Waals surface area contributed by atoms with Gasteiger partial charge in [-0.05, 0) is 19.1 Å². The summed E-state index contributed by atoms with van der Waals surface area (Å²) in [5.41, 5.74) is 3.69. The van der Waals surface area contributed by atoms with Gasteiger partial charge in [0.2, 0.25) is 0 Å². The highest BCUT2D eigenvalue weighted by molar-refractivity contribution is 5.96. The summed E-state index contributed by atoms with van der Waals surface area (Å²) in [6.45, 7) is 5.78. The third-order valence-corrected chi connectivity index (χ3v) is 5.19. The molecular formula is C21H21N5O2. The lowest BCUT2D eigenvalue weighted by molar-refractivity contribution is 0.0600. The third-order valence-electron chi connectivity index (χ3n) is 5.19. The average Bonchev–Trinajstić information content (AvgIpc) is 3.30. The van der Waals surface area contributed by atoms with Crippen molar-refractivity contribution >= 4 is 22.5 Å². The summed E-state index contributed by atoms with van der Waals surface area (Å²) in [6, 6.07) is 11.5. The molecule has 1 aliphatic rings. The van der Waals surface area contributed by atoms with E-state index in [0.717, 1.165) is 47.5 Å². The number of furan rings is 1. The number of aromatic nitrogens is 3. The fourth-order valence-electron chi connectivity index (χ4n) is 3.73. The van der Waals surface area contributed by atoms with E-state index in [9.17, 15) is 4.79 Å². The maximum atomic E-state index is 12.8. The Hall–Kier alpha value is -3.19. The first kappa shape index (κ1) is 16.9. The van der Waals surface area contributed by atoms with E-state index in [-0.39, 0.29) is 5.91 Å². The second-order valence-corrected chi connectivity index (χ2v) is 7.27. The van der Waals surface area contributed by atoms with Crippen LogP contribution in [0, 0.1) is 6.92 Å². The smallest absolute Gasteiger partial charge is 0.289 e. The number of piperazine rings is 1. The third kappa shape index (κ3) is 3.14. The van der Waals surface area contributed by atoms with Crippen LogP contribution in [0.4, 0.5) is 0 Å². The summed E-state index contributed by atoms with van der Waals surface area (Å²) >= 11 is 0. The second kappa shape index (κ2) is 6.76. The number of hydrogen-bond acceptors (Lipinski definition) is 5. The zero-order chi connectivity index (χ0) is 19.1. The van der Waals surface area contributed by atoms with Gasteiger partial charge in [0, 0.05) is 62.1 Å². The Morgan fingerprint density at radius 2 is 1.96 bits per heavy atom. The van der Waals surface area contributed by atoms with E-state index in [1.54, 1.807) is 0 Å². The number of fused-ring (bicyclic) bond motifs is 2. The van der Waals surface area contributed by atoms with Crippen molar-refractivity contribution in [1.29, 1.82) is 0 Å². The molecule has 1 amide bonds. The summed E-state index contributed by atoms with van der Waals surface area (Å²) < 4.78 is 7.55. The van der Waals surface area contributed by atoms with Crippen molar-refractivity contribution in [2.45, 2.75) is 13.5 Å². The van der Waals surface area contributed by atoms with Gasteiger partial charge in [0.15, 0.2) is 11.4 Å². The first-order valence-electron chi connectivity index (χ1n) is 9.47. The molecule has 0 aliphatic carbocycles. The lowest BCUT2D eigenvalue weighted by Crippen LogP contribution is -2.48. The van der Waals surface area contributed by atoms with Crippen molar-refractivity contribution in [2.75, 3.05) is 26.2 Å². The molecule has 7 heteroatoms. The zero-order valence-corrected chi connectivity index (χ0v) is 15.7. The van der Waals surface area contributed by atoms with E-state index in [4.69, 9.17) is 4.42 Å². The van der Waals surface area contributed by atoms with Crippen molar-refractivity contribution in [3.63, 3.8) is 0 Å². The molecule has 0 radical (unpaired) electrons. The maximum Gasteiger partial charge on any atom is 0.289 e. The molecule has 5 rings (SSSR count). The van der Waals surface area contributed by atoms with Crippen molar-refractivity contribution in [1.82, 2.24) is 24.4 Å². The van der Waals surface area contributed by atoms with Gasteiger partial charge in [-0.1, -0.05) is 18.2 Å². The fourth-order valence-corrected chi connectivity index (χ4v) is 3.73. The van der Waals surface area contributed by atoms with Gasteiger partial charge in [0.05, 0.1) is 5.69 Å². The van der Waals surface area contributed by atoms with Crippen LogP contribution in [-0.2, 0) is 6.54 Å². The SMILES string of the molecule is Cc1cc2ncc(CN3CCN(C(=O)c4cc5ccccc5o4)CC3)cn2n1. The highest BCUT2D eigenvalue weighted by Gasteiger charge is 2.24. The molecule has 1 aromatic carbocycles. The normalized spacial score (nSPS) is 15.5. The van der Waals surface area contributed by atoms with Gasteiger partial charge in [0.1, 0.15) is 5.58 Å². The molecular weight excluding hydrogens is 354 g/mol. The van der Waals surface area contributed by atoms with Crippen LogP contribution in [-0.4, -0.2) is 56.5 Å². The van der Waals surface area contributed by atoms with E-state index in [2.05, 4.69) is 15.0 Å². The summed E-state index contributed by atoms with van der Waals surface area (Å²) in [6.07, 6.45) is 3.93. The standard InChI is InChI=1S/C21H21N5O2/c1-15-10-20-22-12-16(14-26(20)23-15)13-24-6-8-25(9-7-24)21(27)19-11-17-4-2-3-5-18(17)28-19/h2-5,10-12,14H,6-9,13H2,1H3. The molecule has 1 fully saturated rings. The number of aryl methyl sites for hydroxylation is 1. The van der Waals surface area contributed by atoms with Crippen LogP contribution in [0.2, 0.25) is 0 Å². The number of carbonyl (C=O) groups is 1. The second-order valence-electron chi connectivity index (χ2n) is 7.27. The number of nitrogens with zero attached hydrogens (tertiary/aromatic N) is 5. The number of para-hydroxylation sites is 1. The summed E-state index contributed by atoms with van der Waals surface area (Å²) in [5, 5.41) is 5.39. The van der Waals surface area contributed by atoms with Gasteiger partial charge < -0.3 is 9.32 Å². The molecule has 3 aromatic heterocycles. The minimum atomic E-state index is -0.0362. The van der Waals surface area contributed by atoms with Crippen LogP contribution in [0.3, 0.4) is 0 Å². The van der Waals surface area contributed by atoms with Gasteiger partial charge in [-0.25, -0.2) is 9.50 Å². The molecule has 4 heterocycles. The van der Waals surface area contributed by atoms with Crippen LogP contribution in [0.5, 0.6) is 0 Å². The Bertz CT molecular complexity index is 1120. The Morgan fingerprint density at radius 3 is 2.79 bits per heavy atom. The minimum Gasteiger partial charge on any atom is -0.451 e.